The van der Waals surface area contributed by atoms with E-state index in [1.165, 1.54) is 14.2 Å². The SMILES string of the molecule is COc1cc([C@@H]2Nc3ccccc3C(=O)N2C2CC2)cc(OC)c1O. The summed E-state index contributed by atoms with van der Waals surface area (Å²) >= 11 is 0. The molecular formula is C19H20N2O4. The summed E-state index contributed by atoms with van der Waals surface area (Å²) in [4.78, 5) is 14.9. The molecule has 0 saturated heterocycles. The quantitative estimate of drug-likeness (QED) is 0.895. The van der Waals surface area contributed by atoms with E-state index >= 15 is 0 Å². The molecule has 1 saturated carbocycles. The van der Waals surface area contributed by atoms with E-state index in [4.69, 9.17) is 9.47 Å². The van der Waals surface area contributed by atoms with Crippen molar-refractivity contribution in [2.45, 2.75) is 25.0 Å². The second-order valence-electron chi connectivity index (χ2n) is 6.31. The molecule has 2 aromatic rings. The highest BCUT2D eigenvalue weighted by molar-refractivity contribution is 6.02. The Hall–Kier alpha value is -2.89. The lowest BCUT2D eigenvalue weighted by atomic mass is 10.0. The summed E-state index contributed by atoms with van der Waals surface area (Å²) < 4.78 is 10.5. The Morgan fingerprint density at radius 2 is 1.76 bits per heavy atom. The molecule has 4 rings (SSSR count). The van der Waals surface area contributed by atoms with Crippen molar-refractivity contribution in [1.29, 1.82) is 0 Å². The van der Waals surface area contributed by atoms with E-state index in [2.05, 4.69) is 5.32 Å². The fraction of sp³-hybridized carbons (Fsp3) is 0.316. The molecule has 6 nitrogen and oxygen atoms in total. The zero-order valence-electron chi connectivity index (χ0n) is 14.2. The minimum atomic E-state index is -0.335. The van der Waals surface area contributed by atoms with E-state index in [1.807, 2.05) is 29.2 Å². The molecule has 0 radical (unpaired) electrons. The zero-order chi connectivity index (χ0) is 17.6. The molecule has 0 aromatic heterocycles. The predicted octanol–water partition coefficient (Wildman–Crippen LogP) is 3.14. The van der Waals surface area contributed by atoms with Crippen LogP contribution in [-0.4, -0.2) is 36.2 Å². The van der Waals surface area contributed by atoms with Gasteiger partial charge < -0.3 is 24.8 Å². The van der Waals surface area contributed by atoms with Crippen molar-refractivity contribution in [3.8, 4) is 17.2 Å². The first-order valence-corrected chi connectivity index (χ1v) is 8.27. The van der Waals surface area contributed by atoms with Crippen LogP contribution < -0.4 is 14.8 Å². The van der Waals surface area contributed by atoms with Crippen molar-refractivity contribution in [3.05, 3.63) is 47.5 Å². The van der Waals surface area contributed by atoms with Crippen molar-refractivity contribution in [3.63, 3.8) is 0 Å². The minimum Gasteiger partial charge on any atom is -0.502 e. The summed E-state index contributed by atoms with van der Waals surface area (Å²) in [5, 5.41) is 13.6. The molecule has 1 fully saturated rings. The number of anilines is 1. The summed E-state index contributed by atoms with van der Waals surface area (Å²) in [6, 6.07) is 11.2. The highest BCUT2D eigenvalue weighted by atomic mass is 16.5. The largest absolute Gasteiger partial charge is 0.502 e. The number of ether oxygens (including phenoxy) is 2. The van der Waals surface area contributed by atoms with Crippen LogP contribution in [-0.2, 0) is 0 Å². The Kier molecular flexibility index (Phi) is 3.67. The highest BCUT2D eigenvalue weighted by Gasteiger charge is 2.42. The fourth-order valence-electron chi connectivity index (χ4n) is 3.31. The number of amides is 1. The van der Waals surface area contributed by atoms with Gasteiger partial charge in [0.05, 0.1) is 19.8 Å². The van der Waals surface area contributed by atoms with Crippen LogP contribution in [0.5, 0.6) is 17.2 Å². The molecule has 1 heterocycles. The van der Waals surface area contributed by atoms with Crippen molar-refractivity contribution in [1.82, 2.24) is 4.90 Å². The number of nitrogens with zero attached hydrogens (tertiary/aromatic N) is 1. The van der Waals surface area contributed by atoms with Gasteiger partial charge in [0.25, 0.3) is 5.91 Å². The third kappa shape index (κ3) is 2.54. The van der Waals surface area contributed by atoms with Gasteiger partial charge in [-0.3, -0.25) is 4.79 Å². The summed E-state index contributed by atoms with van der Waals surface area (Å²) in [5.41, 5.74) is 2.30. The van der Waals surface area contributed by atoms with Crippen LogP contribution in [0.3, 0.4) is 0 Å². The molecule has 0 spiro atoms. The van der Waals surface area contributed by atoms with Crippen molar-refractivity contribution >= 4 is 11.6 Å². The van der Waals surface area contributed by atoms with E-state index in [9.17, 15) is 9.90 Å². The molecule has 1 amide bonds. The molecule has 0 bridgehead atoms. The second kappa shape index (κ2) is 5.88. The Morgan fingerprint density at radius 1 is 1.12 bits per heavy atom. The minimum absolute atomic E-state index is 0.0212. The van der Waals surface area contributed by atoms with E-state index in [0.717, 1.165) is 24.1 Å². The lowest BCUT2D eigenvalue weighted by Crippen LogP contribution is -2.44. The first-order valence-electron chi connectivity index (χ1n) is 8.27. The number of para-hydroxylation sites is 1. The van der Waals surface area contributed by atoms with Crippen molar-refractivity contribution in [2.24, 2.45) is 0 Å². The molecule has 0 unspecified atom stereocenters. The monoisotopic (exact) mass is 340 g/mol. The van der Waals surface area contributed by atoms with Gasteiger partial charge in [-0.25, -0.2) is 0 Å². The Morgan fingerprint density at radius 3 is 2.36 bits per heavy atom. The second-order valence-corrected chi connectivity index (χ2v) is 6.31. The maximum absolute atomic E-state index is 13.0. The van der Waals surface area contributed by atoms with E-state index in [-0.39, 0.29) is 23.9 Å². The van der Waals surface area contributed by atoms with Crippen LogP contribution in [0.15, 0.2) is 36.4 Å². The van der Waals surface area contributed by atoms with Crippen LogP contribution >= 0.6 is 0 Å². The number of fused-ring (bicyclic) bond motifs is 1. The number of aromatic hydroxyl groups is 1. The van der Waals surface area contributed by atoms with Gasteiger partial charge in [0, 0.05) is 17.3 Å². The standard InChI is InChI=1S/C19H20N2O4/c1-24-15-9-11(10-16(25-2)17(15)22)18-20-14-6-4-3-5-13(14)19(23)21(18)12-7-8-12/h3-6,9-10,12,18,20,22H,7-8H2,1-2H3/t18-/m1/s1. The number of phenolic OH excluding ortho intramolecular Hbond substituents is 1. The maximum Gasteiger partial charge on any atom is 0.258 e. The van der Waals surface area contributed by atoms with Crippen molar-refractivity contribution < 1.29 is 19.4 Å². The molecule has 1 aliphatic heterocycles. The lowest BCUT2D eigenvalue weighted by Gasteiger charge is -2.38. The van der Waals surface area contributed by atoms with E-state index < -0.39 is 0 Å². The summed E-state index contributed by atoms with van der Waals surface area (Å²) in [5.74, 6) is 0.610. The summed E-state index contributed by atoms with van der Waals surface area (Å²) in [7, 11) is 2.98. The number of nitrogens with one attached hydrogen (secondary N) is 1. The summed E-state index contributed by atoms with van der Waals surface area (Å²) in [6.07, 6.45) is 1.66. The van der Waals surface area contributed by atoms with Gasteiger partial charge in [-0.2, -0.15) is 0 Å². The Labute approximate surface area is 146 Å². The number of rotatable bonds is 4. The fourth-order valence-corrected chi connectivity index (χ4v) is 3.31. The van der Waals surface area contributed by atoms with Crippen LogP contribution in [0.1, 0.15) is 34.9 Å². The van der Waals surface area contributed by atoms with Gasteiger partial charge in [-0.1, -0.05) is 12.1 Å². The predicted molar refractivity (Wildman–Crippen MR) is 93.2 cm³/mol. The molecule has 2 N–H and O–H groups in total. The molecule has 25 heavy (non-hydrogen) atoms. The number of benzene rings is 2. The van der Waals surface area contributed by atoms with Gasteiger partial charge in [0.1, 0.15) is 6.17 Å². The smallest absolute Gasteiger partial charge is 0.258 e. The number of phenols is 1. The average Bonchev–Trinajstić information content (AvgIpc) is 3.46. The van der Waals surface area contributed by atoms with Crippen molar-refractivity contribution in [2.75, 3.05) is 19.5 Å². The highest BCUT2D eigenvalue weighted by Crippen LogP contribution is 2.44. The summed E-state index contributed by atoms with van der Waals surface area (Å²) in [6.45, 7) is 0. The van der Waals surface area contributed by atoms with Gasteiger partial charge in [-0.05, 0) is 37.1 Å². The number of hydrogen-bond donors (Lipinski definition) is 2. The first-order chi connectivity index (χ1) is 12.1. The Bertz CT molecular complexity index is 807. The Balaban J connectivity index is 1.82. The molecule has 1 aliphatic carbocycles. The van der Waals surface area contributed by atoms with Crippen LogP contribution in [0, 0.1) is 0 Å². The maximum atomic E-state index is 13.0. The third-order valence-electron chi connectivity index (χ3n) is 4.72. The average molecular weight is 340 g/mol. The molecule has 130 valence electrons. The van der Waals surface area contributed by atoms with Gasteiger partial charge in [0.2, 0.25) is 5.75 Å². The first kappa shape index (κ1) is 15.6. The number of carbonyl (C=O) groups is 1. The van der Waals surface area contributed by atoms with E-state index in [0.29, 0.717) is 17.1 Å². The number of hydrogen-bond acceptors (Lipinski definition) is 5. The third-order valence-corrected chi connectivity index (χ3v) is 4.72. The van der Waals surface area contributed by atoms with E-state index in [1.54, 1.807) is 12.1 Å². The van der Waals surface area contributed by atoms with Gasteiger partial charge >= 0.3 is 0 Å². The zero-order valence-corrected chi connectivity index (χ0v) is 14.2. The topological polar surface area (TPSA) is 71.0 Å². The molecule has 2 aliphatic rings. The molecule has 1 atom stereocenters. The van der Waals surface area contributed by atoms with Gasteiger partial charge in [0.15, 0.2) is 11.5 Å². The van der Waals surface area contributed by atoms with Crippen LogP contribution in [0.2, 0.25) is 0 Å². The lowest BCUT2D eigenvalue weighted by molar-refractivity contribution is 0.0666. The van der Waals surface area contributed by atoms with Crippen LogP contribution in [0.25, 0.3) is 0 Å². The van der Waals surface area contributed by atoms with Crippen LogP contribution in [0.4, 0.5) is 5.69 Å². The molecule has 6 heteroatoms. The normalized spacial score (nSPS) is 19.2. The van der Waals surface area contributed by atoms with Gasteiger partial charge in [-0.15, -0.1) is 0 Å². The number of methoxy groups -OCH3 is 2. The molecular weight excluding hydrogens is 320 g/mol. The molecule has 2 aromatic carbocycles. The number of carbonyl (C=O) groups excluding carboxylic acids is 1.